The van der Waals surface area contributed by atoms with Crippen LogP contribution in [0.2, 0.25) is 10.0 Å². The molecule has 0 spiro atoms. The number of nitrogens with one attached hydrogen (secondary N) is 1. The highest BCUT2D eigenvalue weighted by atomic mass is 35.5. The summed E-state index contributed by atoms with van der Waals surface area (Å²) in [7, 11) is 0. The molecule has 3 rings (SSSR count). The second-order valence-electron chi connectivity index (χ2n) is 5.93. The topological polar surface area (TPSA) is 73.9 Å². The van der Waals surface area contributed by atoms with Crippen molar-refractivity contribution >= 4 is 35.1 Å². The molecule has 142 valence electrons. The number of amides is 1. The fourth-order valence-electron chi connectivity index (χ4n) is 2.51. The van der Waals surface area contributed by atoms with Gasteiger partial charge >= 0.3 is 5.97 Å². The molecule has 27 heavy (non-hydrogen) atoms. The predicted octanol–water partition coefficient (Wildman–Crippen LogP) is 3.55. The van der Waals surface area contributed by atoms with Gasteiger partial charge in [-0.1, -0.05) is 41.4 Å². The molecule has 0 aliphatic carbocycles. The number of ether oxygens (including phenoxy) is 3. The van der Waals surface area contributed by atoms with Crippen LogP contribution in [0.1, 0.15) is 18.5 Å². The van der Waals surface area contributed by atoms with Gasteiger partial charge in [-0.05, 0) is 36.8 Å². The van der Waals surface area contributed by atoms with Crippen molar-refractivity contribution in [3.8, 4) is 11.5 Å². The SMILES string of the molecule is C[C@@H](NC(=O)COC(=O)[C@@H]1COc2ccccc2O1)c1ccc(Cl)c(Cl)c1. The Morgan fingerprint density at radius 2 is 1.93 bits per heavy atom. The minimum atomic E-state index is -0.916. The van der Waals surface area contributed by atoms with Crippen molar-refractivity contribution < 1.29 is 23.8 Å². The highest BCUT2D eigenvalue weighted by Crippen LogP contribution is 2.31. The molecule has 6 nitrogen and oxygen atoms in total. The van der Waals surface area contributed by atoms with Crippen molar-refractivity contribution in [2.45, 2.75) is 19.1 Å². The second-order valence-corrected chi connectivity index (χ2v) is 6.75. The Kier molecular flexibility index (Phi) is 6.08. The normalized spacial score (nSPS) is 16.3. The second kappa shape index (κ2) is 8.50. The van der Waals surface area contributed by atoms with Crippen LogP contribution in [0.4, 0.5) is 0 Å². The highest BCUT2D eigenvalue weighted by Gasteiger charge is 2.29. The van der Waals surface area contributed by atoms with E-state index in [-0.39, 0.29) is 12.6 Å². The third kappa shape index (κ3) is 4.84. The van der Waals surface area contributed by atoms with E-state index in [9.17, 15) is 9.59 Å². The van der Waals surface area contributed by atoms with Crippen molar-refractivity contribution in [3.05, 3.63) is 58.1 Å². The molecular weight excluding hydrogens is 393 g/mol. The Bertz CT molecular complexity index is 858. The number of para-hydroxylation sites is 2. The molecule has 8 heteroatoms. The van der Waals surface area contributed by atoms with E-state index in [1.165, 1.54) is 0 Å². The number of hydrogen-bond acceptors (Lipinski definition) is 5. The average Bonchev–Trinajstić information content (AvgIpc) is 2.67. The van der Waals surface area contributed by atoms with Crippen molar-refractivity contribution in [1.29, 1.82) is 0 Å². The summed E-state index contributed by atoms with van der Waals surface area (Å²) in [5.41, 5.74) is 0.782. The molecular formula is C19H17Cl2NO5. The lowest BCUT2D eigenvalue weighted by Crippen LogP contribution is -2.40. The van der Waals surface area contributed by atoms with E-state index >= 15 is 0 Å². The summed E-state index contributed by atoms with van der Waals surface area (Å²) < 4.78 is 16.0. The molecule has 0 saturated carbocycles. The van der Waals surface area contributed by atoms with Crippen molar-refractivity contribution in [1.82, 2.24) is 5.32 Å². The Labute approximate surface area is 166 Å². The lowest BCUT2D eigenvalue weighted by atomic mass is 10.1. The largest absolute Gasteiger partial charge is 0.485 e. The number of carbonyl (C=O) groups is 2. The average molecular weight is 410 g/mol. The summed E-state index contributed by atoms with van der Waals surface area (Å²) in [5.74, 6) is -0.0842. The van der Waals surface area contributed by atoms with Gasteiger partial charge in [-0.15, -0.1) is 0 Å². The van der Waals surface area contributed by atoms with E-state index in [0.29, 0.717) is 21.5 Å². The molecule has 0 bridgehead atoms. The number of fused-ring (bicyclic) bond motifs is 1. The summed E-state index contributed by atoms with van der Waals surface area (Å²) in [6.07, 6.45) is -0.916. The Balaban J connectivity index is 1.49. The lowest BCUT2D eigenvalue weighted by molar-refractivity contribution is -0.157. The first kappa shape index (κ1) is 19.3. The monoisotopic (exact) mass is 409 g/mol. The zero-order chi connectivity index (χ0) is 19.4. The van der Waals surface area contributed by atoms with Gasteiger partial charge in [0.15, 0.2) is 18.1 Å². The number of rotatable bonds is 5. The quantitative estimate of drug-likeness (QED) is 0.764. The predicted molar refractivity (Wildman–Crippen MR) is 100 cm³/mol. The van der Waals surface area contributed by atoms with Crippen LogP contribution in [-0.2, 0) is 14.3 Å². The van der Waals surface area contributed by atoms with Gasteiger partial charge in [0.05, 0.1) is 16.1 Å². The van der Waals surface area contributed by atoms with Gasteiger partial charge < -0.3 is 19.5 Å². The molecule has 0 saturated heterocycles. The molecule has 0 unspecified atom stereocenters. The van der Waals surface area contributed by atoms with Crippen molar-refractivity contribution in [3.63, 3.8) is 0 Å². The maximum atomic E-state index is 12.1. The molecule has 1 aliphatic rings. The summed E-state index contributed by atoms with van der Waals surface area (Å²) in [4.78, 5) is 24.2. The van der Waals surface area contributed by atoms with E-state index in [0.717, 1.165) is 5.56 Å². The van der Waals surface area contributed by atoms with Gasteiger partial charge in [-0.25, -0.2) is 4.79 Å². The first-order valence-electron chi connectivity index (χ1n) is 8.23. The summed E-state index contributed by atoms with van der Waals surface area (Å²) in [6, 6.07) is 11.8. The highest BCUT2D eigenvalue weighted by molar-refractivity contribution is 6.42. The van der Waals surface area contributed by atoms with E-state index in [1.54, 1.807) is 49.4 Å². The van der Waals surface area contributed by atoms with E-state index < -0.39 is 24.6 Å². The molecule has 1 heterocycles. The number of benzene rings is 2. The maximum Gasteiger partial charge on any atom is 0.351 e. The van der Waals surface area contributed by atoms with Crippen LogP contribution in [0.15, 0.2) is 42.5 Å². The summed E-state index contributed by atoms with van der Waals surface area (Å²) >= 11 is 11.9. The molecule has 0 aromatic heterocycles. The number of halogens is 2. The first-order valence-corrected chi connectivity index (χ1v) is 8.99. The Hall–Kier alpha value is -2.44. The van der Waals surface area contributed by atoms with Gasteiger partial charge in [-0.2, -0.15) is 0 Å². The first-order chi connectivity index (χ1) is 12.9. The van der Waals surface area contributed by atoms with Crippen LogP contribution in [0, 0.1) is 0 Å². The van der Waals surface area contributed by atoms with Crippen LogP contribution in [0.25, 0.3) is 0 Å². The molecule has 0 radical (unpaired) electrons. The van der Waals surface area contributed by atoms with Crippen LogP contribution in [0.5, 0.6) is 11.5 Å². The number of esters is 1. The molecule has 0 fully saturated rings. The van der Waals surface area contributed by atoms with Gasteiger partial charge in [-0.3, -0.25) is 4.79 Å². The van der Waals surface area contributed by atoms with Gasteiger partial charge in [0.25, 0.3) is 5.91 Å². The van der Waals surface area contributed by atoms with Crippen molar-refractivity contribution in [2.24, 2.45) is 0 Å². The lowest BCUT2D eigenvalue weighted by Gasteiger charge is -2.25. The van der Waals surface area contributed by atoms with Gasteiger partial charge in [0.2, 0.25) is 6.10 Å². The van der Waals surface area contributed by atoms with E-state index in [1.807, 2.05) is 0 Å². The number of carbonyl (C=O) groups excluding carboxylic acids is 2. The molecule has 1 N–H and O–H groups in total. The van der Waals surface area contributed by atoms with Crippen LogP contribution in [-0.4, -0.2) is 31.2 Å². The zero-order valence-corrected chi connectivity index (χ0v) is 15.9. The molecule has 1 amide bonds. The van der Waals surface area contributed by atoms with E-state index in [2.05, 4.69) is 5.32 Å². The van der Waals surface area contributed by atoms with Crippen LogP contribution < -0.4 is 14.8 Å². The molecule has 2 aromatic carbocycles. The standard InChI is InChI=1S/C19H17Cl2NO5/c1-11(12-6-7-13(20)14(21)8-12)22-18(23)10-26-19(24)17-9-25-15-4-2-3-5-16(15)27-17/h2-8,11,17H,9-10H2,1H3,(H,22,23)/t11-,17+/m1/s1. The van der Waals surface area contributed by atoms with Crippen LogP contribution in [0.3, 0.4) is 0 Å². The minimum absolute atomic E-state index is 0.0249. The van der Waals surface area contributed by atoms with Crippen molar-refractivity contribution in [2.75, 3.05) is 13.2 Å². The third-order valence-electron chi connectivity index (χ3n) is 3.94. The minimum Gasteiger partial charge on any atom is -0.485 e. The Morgan fingerprint density at radius 1 is 1.19 bits per heavy atom. The fourth-order valence-corrected chi connectivity index (χ4v) is 2.82. The van der Waals surface area contributed by atoms with E-state index in [4.69, 9.17) is 37.4 Å². The molecule has 2 aromatic rings. The van der Waals surface area contributed by atoms with Gasteiger partial charge in [0.1, 0.15) is 6.61 Å². The van der Waals surface area contributed by atoms with Crippen LogP contribution >= 0.6 is 23.2 Å². The summed E-state index contributed by atoms with van der Waals surface area (Å²) in [6.45, 7) is 1.39. The smallest absolute Gasteiger partial charge is 0.351 e. The molecule has 1 aliphatic heterocycles. The Morgan fingerprint density at radius 3 is 2.67 bits per heavy atom. The maximum absolute atomic E-state index is 12.1. The summed E-state index contributed by atoms with van der Waals surface area (Å²) in [5, 5.41) is 3.56. The zero-order valence-electron chi connectivity index (χ0n) is 14.4. The molecule has 2 atom stereocenters. The third-order valence-corrected chi connectivity index (χ3v) is 4.68. The number of hydrogen-bond donors (Lipinski definition) is 1. The fraction of sp³-hybridized carbons (Fsp3) is 0.263. The van der Waals surface area contributed by atoms with Gasteiger partial charge in [0, 0.05) is 0 Å².